The van der Waals surface area contributed by atoms with Crippen LogP contribution in [0.5, 0.6) is 0 Å². The van der Waals surface area contributed by atoms with E-state index in [1.807, 2.05) is 6.92 Å². The summed E-state index contributed by atoms with van der Waals surface area (Å²) in [5, 5.41) is 15.9. The number of carbonyl (C=O) groups is 1. The summed E-state index contributed by atoms with van der Waals surface area (Å²) in [7, 11) is 0. The molecule has 1 unspecified atom stereocenters. The first-order valence-corrected chi connectivity index (χ1v) is 9.79. The van der Waals surface area contributed by atoms with Gasteiger partial charge in [-0.15, -0.1) is 0 Å². The zero-order valence-electron chi connectivity index (χ0n) is 17.1. The van der Waals surface area contributed by atoms with Crippen molar-refractivity contribution in [3.8, 4) is 0 Å². The highest BCUT2D eigenvalue weighted by Crippen LogP contribution is 2.05. The summed E-state index contributed by atoms with van der Waals surface area (Å²) < 4.78 is 1.39. The summed E-state index contributed by atoms with van der Waals surface area (Å²) in [6.45, 7) is 4.90. The average molecular weight is 413 g/mol. The zero-order chi connectivity index (χ0) is 21.5. The van der Waals surface area contributed by atoms with Crippen LogP contribution in [-0.4, -0.2) is 47.2 Å². The van der Waals surface area contributed by atoms with Gasteiger partial charge in [0.1, 0.15) is 12.6 Å². The molecule has 10 heteroatoms. The minimum Gasteiger partial charge on any atom is -0.365 e. The maximum atomic E-state index is 12.7. The molecule has 1 aromatic heterocycles. The third-order valence-corrected chi connectivity index (χ3v) is 4.74. The largest absolute Gasteiger partial charge is 0.365 e. The summed E-state index contributed by atoms with van der Waals surface area (Å²) >= 11 is 0. The second-order valence-corrected chi connectivity index (χ2v) is 7.20. The molecule has 1 amide bonds. The van der Waals surface area contributed by atoms with Gasteiger partial charge < -0.3 is 16.0 Å². The fraction of sp³-hybridized carbons (Fsp3) is 0.400. The molecule has 1 fully saturated rings. The monoisotopic (exact) mass is 413 g/mol. The van der Waals surface area contributed by atoms with E-state index in [-0.39, 0.29) is 42.4 Å². The lowest BCUT2D eigenvalue weighted by atomic mass is 10.1. The number of amides is 1. The van der Waals surface area contributed by atoms with Gasteiger partial charge in [0.15, 0.2) is 5.82 Å². The van der Waals surface area contributed by atoms with Gasteiger partial charge in [0.2, 0.25) is 11.9 Å². The van der Waals surface area contributed by atoms with Crippen molar-refractivity contribution in [1.82, 2.24) is 25.7 Å². The second kappa shape index (κ2) is 9.88. The van der Waals surface area contributed by atoms with Gasteiger partial charge in [-0.1, -0.05) is 29.8 Å². The van der Waals surface area contributed by atoms with Gasteiger partial charge in [0, 0.05) is 31.5 Å². The third-order valence-electron chi connectivity index (χ3n) is 4.74. The number of carbonyl (C=O) groups excluding carboxylic acids is 1. The van der Waals surface area contributed by atoms with Crippen molar-refractivity contribution in [1.29, 1.82) is 5.41 Å². The normalized spacial score (nSPS) is 15.8. The molecule has 1 saturated heterocycles. The number of guanidine groups is 1. The van der Waals surface area contributed by atoms with E-state index in [1.165, 1.54) is 15.7 Å². The van der Waals surface area contributed by atoms with Gasteiger partial charge in [-0.3, -0.25) is 24.4 Å². The molecule has 1 aliphatic heterocycles. The van der Waals surface area contributed by atoms with Crippen molar-refractivity contribution in [2.24, 2.45) is 0 Å². The van der Waals surface area contributed by atoms with Crippen LogP contribution in [0.1, 0.15) is 16.8 Å². The number of aromatic nitrogens is 2. The highest BCUT2D eigenvalue weighted by atomic mass is 16.7. The van der Waals surface area contributed by atoms with Crippen molar-refractivity contribution >= 4 is 17.7 Å². The van der Waals surface area contributed by atoms with Crippen LogP contribution in [0.4, 0.5) is 5.82 Å². The Morgan fingerprint density at radius 3 is 2.80 bits per heavy atom. The molecule has 0 saturated carbocycles. The van der Waals surface area contributed by atoms with Gasteiger partial charge in [-0.05, 0) is 25.8 Å². The predicted molar refractivity (Wildman–Crippen MR) is 113 cm³/mol. The summed E-state index contributed by atoms with van der Waals surface area (Å²) in [6, 6.07) is 8.23. The van der Waals surface area contributed by atoms with Crippen LogP contribution in [0, 0.1) is 19.3 Å². The predicted octanol–water partition coefficient (Wildman–Crippen LogP) is 0.0587. The van der Waals surface area contributed by atoms with Crippen LogP contribution >= 0.6 is 0 Å². The number of hydroxylamine groups is 1. The Hall–Kier alpha value is -3.40. The molecule has 0 radical (unpaired) electrons. The fourth-order valence-electron chi connectivity index (χ4n) is 2.95. The zero-order valence-corrected chi connectivity index (χ0v) is 17.1. The molecule has 0 aliphatic carbocycles. The Balaban J connectivity index is 1.54. The Bertz CT molecular complexity index is 946. The van der Waals surface area contributed by atoms with E-state index in [0.29, 0.717) is 18.8 Å². The van der Waals surface area contributed by atoms with Gasteiger partial charge in [0.05, 0.1) is 0 Å². The maximum absolute atomic E-state index is 12.7. The van der Waals surface area contributed by atoms with Crippen molar-refractivity contribution < 1.29 is 9.63 Å². The lowest BCUT2D eigenvalue weighted by Gasteiger charge is -2.25. The smallest absolute Gasteiger partial charge is 0.293 e. The molecular formula is C20H27N7O3. The van der Waals surface area contributed by atoms with Crippen molar-refractivity contribution in [3.63, 3.8) is 0 Å². The Kier molecular flexibility index (Phi) is 7.02. The number of hydrogen-bond donors (Lipinski definition) is 5. The van der Waals surface area contributed by atoms with E-state index >= 15 is 0 Å². The van der Waals surface area contributed by atoms with Gasteiger partial charge in [-0.25, -0.2) is 10.5 Å². The highest BCUT2D eigenvalue weighted by molar-refractivity contribution is 5.76. The van der Waals surface area contributed by atoms with Crippen molar-refractivity contribution in [3.05, 3.63) is 57.6 Å². The molecule has 2 heterocycles. The first kappa shape index (κ1) is 21.3. The van der Waals surface area contributed by atoms with E-state index in [1.54, 1.807) is 13.1 Å². The average Bonchev–Trinajstić information content (AvgIpc) is 2.74. The first-order chi connectivity index (χ1) is 14.4. The van der Waals surface area contributed by atoms with Crippen LogP contribution in [0.15, 0.2) is 35.3 Å². The second-order valence-electron chi connectivity index (χ2n) is 7.20. The minimum absolute atomic E-state index is 0.0824. The van der Waals surface area contributed by atoms with Gasteiger partial charge in [-0.2, -0.15) is 0 Å². The highest BCUT2D eigenvalue weighted by Gasteiger charge is 2.18. The summed E-state index contributed by atoms with van der Waals surface area (Å²) in [5.74, 6) is 0.00300. The minimum atomic E-state index is -0.334. The number of nitrogens with one attached hydrogen (secondary N) is 5. The van der Waals surface area contributed by atoms with Gasteiger partial charge in [0.25, 0.3) is 5.56 Å². The molecule has 1 atom stereocenters. The summed E-state index contributed by atoms with van der Waals surface area (Å²) in [4.78, 5) is 34.4. The lowest BCUT2D eigenvalue weighted by molar-refractivity contribution is -0.122. The van der Waals surface area contributed by atoms with Crippen molar-refractivity contribution in [2.75, 3.05) is 25.0 Å². The molecule has 3 rings (SSSR count). The standard InChI is InChI=1S/C20H27N7O3/c1-13-3-5-15(6-4-13)7-8-22-18-19(29)27(14(2)9-24-18)12-17(28)23-10-16-11-25-20(21)26-30-16/h3-6,9,16H,7-8,10-12H2,1-2H3,(H,22,24)(H,23,28)(H3,21,25,26). The van der Waals surface area contributed by atoms with Crippen LogP contribution in [0.2, 0.25) is 0 Å². The number of nitrogens with zero attached hydrogens (tertiary/aromatic N) is 2. The van der Waals surface area contributed by atoms with Crippen molar-refractivity contribution in [2.45, 2.75) is 32.9 Å². The molecule has 0 spiro atoms. The van der Waals surface area contributed by atoms with E-state index in [0.717, 1.165) is 6.42 Å². The fourth-order valence-corrected chi connectivity index (χ4v) is 2.95. The Morgan fingerprint density at radius 1 is 1.33 bits per heavy atom. The van der Waals surface area contributed by atoms with Crippen LogP contribution in [0.25, 0.3) is 0 Å². The van der Waals surface area contributed by atoms with E-state index < -0.39 is 0 Å². The molecule has 2 aromatic rings. The Labute approximate surface area is 174 Å². The molecule has 30 heavy (non-hydrogen) atoms. The molecule has 1 aromatic carbocycles. The lowest BCUT2D eigenvalue weighted by Crippen LogP contribution is -2.53. The number of aryl methyl sites for hydroxylation is 2. The number of hydrogen-bond acceptors (Lipinski definition) is 6. The molecule has 5 N–H and O–H groups in total. The van der Waals surface area contributed by atoms with E-state index in [9.17, 15) is 9.59 Å². The maximum Gasteiger partial charge on any atom is 0.293 e. The molecule has 10 nitrogen and oxygen atoms in total. The molecular weight excluding hydrogens is 386 g/mol. The number of benzene rings is 1. The molecule has 0 bridgehead atoms. The summed E-state index contributed by atoms with van der Waals surface area (Å²) in [5.41, 5.74) is 5.06. The molecule has 160 valence electrons. The quantitative estimate of drug-likeness (QED) is 0.413. The number of rotatable bonds is 8. The van der Waals surface area contributed by atoms with Crippen LogP contribution in [0.3, 0.4) is 0 Å². The molecule has 1 aliphatic rings. The van der Waals surface area contributed by atoms with Gasteiger partial charge >= 0.3 is 0 Å². The van der Waals surface area contributed by atoms with E-state index in [2.05, 4.69) is 50.7 Å². The number of anilines is 1. The third kappa shape index (κ3) is 5.80. The topological polar surface area (TPSA) is 133 Å². The Morgan fingerprint density at radius 2 is 2.10 bits per heavy atom. The van der Waals surface area contributed by atoms with Crippen LogP contribution in [-0.2, 0) is 22.6 Å². The van der Waals surface area contributed by atoms with E-state index in [4.69, 9.17) is 10.2 Å². The summed E-state index contributed by atoms with van der Waals surface area (Å²) in [6.07, 6.45) is 2.03. The SMILES string of the molecule is Cc1ccc(CCNc2ncc(C)n(CC(=O)NCC3CNC(=N)NO3)c2=O)cc1. The van der Waals surface area contributed by atoms with Crippen LogP contribution < -0.4 is 27.0 Å². The first-order valence-electron chi connectivity index (χ1n) is 9.79.